The zero-order valence-corrected chi connectivity index (χ0v) is 13.9. The van der Waals surface area contributed by atoms with Crippen LogP contribution in [0.1, 0.15) is 0 Å². The number of hydrogen-bond acceptors (Lipinski definition) is 1. The van der Waals surface area contributed by atoms with Crippen molar-refractivity contribution in [1.29, 1.82) is 0 Å². The van der Waals surface area contributed by atoms with E-state index in [0.29, 0.717) is 0 Å². The van der Waals surface area contributed by atoms with E-state index < -0.39 is 0 Å². The first kappa shape index (κ1) is 379. The maximum absolute atomic E-state index is 8.06. The van der Waals surface area contributed by atoms with Crippen LogP contribution in [0.5, 0.6) is 0 Å². The summed E-state index contributed by atoms with van der Waals surface area (Å²) in [6.45, 7) is 0. The van der Waals surface area contributed by atoms with Crippen molar-refractivity contribution < 1.29 is 124 Å². The molecule has 7 nitrogen and oxygen atoms in total. The van der Waals surface area contributed by atoms with Gasteiger partial charge in [0.1, 0.15) is 0 Å². The second kappa shape index (κ2) is 609. The molecule has 0 aliphatic rings. The molecule has 15 heavy (non-hydrogen) atoms. The Morgan fingerprint density at radius 2 is 0.533 bits per heavy atom. The van der Waals surface area contributed by atoms with E-state index in [1.807, 2.05) is 0 Å². The molecule has 15 heteroatoms. The van der Waals surface area contributed by atoms with Crippen LogP contribution in [0.15, 0.2) is 0 Å². The molecule has 0 aromatic rings. The Morgan fingerprint density at radius 3 is 0.533 bits per heavy atom. The first-order valence-corrected chi connectivity index (χ1v) is 0.636. The fourth-order valence-electron chi connectivity index (χ4n) is 0. The Hall–Kier alpha value is 2.57. The van der Waals surface area contributed by atoms with Gasteiger partial charge in [0, 0.05) is 17.1 Å². The molecular formula is H14Cl5Mn3O7-. The summed E-state index contributed by atoms with van der Waals surface area (Å²) in [5, 5.41) is 0. The fourth-order valence-corrected chi connectivity index (χ4v) is 0. The van der Waals surface area contributed by atoms with Crippen LogP contribution in [-0.4, -0.2) is 32.9 Å². The van der Waals surface area contributed by atoms with Crippen LogP contribution < -0.4 is 37.2 Å². The summed E-state index contributed by atoms with van der Waals surface area (Å²) in [6, 6.07) is 0. The van der Waals surface area contributed by atoms with Gasteiger partial charge in [0.05, 0.1) is 0 Å². The molecule has 0 atom stereocenters. The summed E-state index contributed by atoms with van der Waals surface area (Å²) in [6.07, 6.45) is 0. The summed E-state index contributed by atoms with van der Waals surface area (Å²) in [5.74, 6) is 0. The average Bonchev–Trinajstić information content (AvgIpc) is 1.00. The monoisotopic (exact) mass is 466 g/mol. The molecule has 0 aliphatic heterocycles. The van der Waals surface area contributed by atoms with Crippen LogP contribution in [0.2, 0.25) is 0 Å². The van der Waals surface area contributed by atoms with Crippen LogP contribution in [0.25, 0.3) is 0 Å². The summed E-state index contributed by atoms with van der Waals surface area (Å²) < 4.78 is 8.06. The third kappa shape index (κ3) is 533. The number of hydrogen-bond donors (Lipinski definition) is 0. The molecule has 2 radical (unpaired) electrons. The third-order valence-electron chi connectivity index (χ3n) is 0. The van der Waals surface area contributed by atoms with Crippen LogP contribution in [-0.2, 0) is 53.9 Å². The van der Waals surface area contributed by atoms with Gasteiger partial charge in [-0.25, -0.2) is 0 Å². The van der Waals surface area contributed by atoms with Crippen molar-refractivity contribution in [3.05, 3.63) is 0 Å². The SMILES string of the molecule is Cl.Cl.O.O.O.O.O.O.[Cl-].[Cl-].[Cl-].[Mn+2].[Mn].[O]=[Mn]. The zero-order valence-electron chi connectivity index (χ0n) is 6.49. The van der Waals surface area contributed by atoms with Crippen LogP contribution in [0, 0.1) is 0 Å². The van der Waals surface area contributed by atoms with Crippen molar-refractivity contribution in [2.45, 2.75) is 0 Å². The predicted molar refractivity (Wildman–Crippen MR) is 36.9 cm³/mol. The second-order valence-corrected chi connectivity index (χ2v) is 0. The van der Waals surface area contributed by atoms with Crippen LogP contribution >= 0.6 is 24.8 Å². The molecule has 0 aromatic heterocycles. The number of rotatable bonds is 0. The summed E-state index contributed by atoms with van der Waals surface area (Å²) in [7, 11) is 0. The molecule has 113 valence electrons. The summed E-state index contributed by atoms with van der Waals surface area (Å²) in [5.41, 5.74) is 0. The summed E-state index contributed by atoms with van der Waals surface area (Å²) >= 11 is 1.69. The second-order valence-electron chi connectivity index (χ2n) is 0. The van der Waals surface area contributed by atoms with E-state index >= 15 is 0 Å². The molecule has 0 saturated heterocycles. The van der Waals surface area contributed by atoms with Crippen molar-refractivity contribution in [3.8, 4) is 0 Å². The van der Waals surface area contributed by atoms with Crippen molar-refractivity contribution in [3.63, 3.8) is 0 Å². The molecule has 0 fully saturated rings. The molecule has 0 heterocycles. The van der Waals surface area contributed by atoms with Gasteiger partial charge >= 0.3 is 36.8 Å². The third-order valence-corrected chi connectivity index (χ3v) is 0. The Bertz CT molecular complexity index is 22.6. The van der Waals surface area contributed by atoms with Gasteiger partial charge in [-0.2, -0.15) is 0 Å². The molecule has 12 N–H and O–H groups in total. The van der Waals surface area contributed by atoms with E-state index in [4.69, 9.17) is 3.83 Å². The number of halogens is 5. The van der Waals surface area contributed by atoms with Gasteiger partial charge in [0.25, 0.3) is 0 Å². The van der Waals surface area contributed by atoms with Crippen LogP contribution in [0.4, 0.5) is 0 Å². The standard InChI is InChI=1S/5ClH.3Mn.6H2O.O/h5*1H;;;;6*1H2;/q;;;;;;;+2;;;;;;;/p-3. The zero-order chi connectivity index (χ0) is 2.00. The van der Waals surface area contributed by atoms with Crippen molar-refractivity contribution in [2.75, 3.05) is 0 Å². The normalized spacial score (nSPS) is 0.267. The molecule has 0 saturated carbocycles. The molecule has 0 amide bonds. The van der Waals surface area contributed by atoms with Crippen molar-refractivity contribution in [1.82, 2.24) is 0 Å². The Kier molecular flexibility index (Phi) is 15400. The van der Waals surface area contributed by atoms with Gasteiger partial charge in [-0.15, -0.1) is 24.8 Å². The Labute approximate surface area is 148 Å². The van der Waals surface area contributed by atoms with Gasteiger partial charge < -0.3 is 70.1 Å². The molecular weight excluding hydrogens is 454 g/mol. The molecule has 0 rings (SSSR count). The van der Waals surface area contributed by atoms with Crippen molar-refractivity contribution in [2.24, 2.45) is 0 Å². The van der Waals surface area contributed by atoms with Crippen LogP contribution in [0.3, 0.4) is 0 Å². The first-order valence-electron chi connectivity index (χ1n) is 0.154. The minimum atomic E-state index is 0. The predicted octanol–water partition coefficient (Wildman–Crippen LogP) is -13.2. The molecule has 0 aliphatic carbocycles. The Balaban J connectivity index is -0.0000000000641. The van der Waals surface area contributed by atoms with Gasteiger partial charge in [0.2, 0.25) is 0 Å². The van der Waals surface area contributed by atoms with E-state index in [1.54, 1.807) is 15.9 Å². The van der Waals surface area contributed by atoms with Gasteiger partial charge in [-0.3, -0.25) is 0 Å². The molecule has 0 aromatic carbocycles. The molecule has 0 unspecified atom stereocenters. The first-order chi connectivity index (χ1) is 1.00. The van der Waals surface area contributed by atoms with E-state index in [9.17, 15) is 0 Å². The summed E-state index contributed by atoms with van der Waals surface area (Å²) in [4.78, 5) is 0. The molecule has 0 bridgehead atoms. The topological polar surface area (TPSA) is 206 Å². The Morgan fingerprint density at radius 1 is 0.533 bits per heavy atom. The maximum atomic E-state index is 8.06. The van der Waals surface area contributed by atoms with E-state index in [2.05, 4.69) is 0 Å². The van der Waals surface area contributed by atoms with Gasteiger partial charge in [-0.05, 0) is 0 Å². The fraction of sp³-hybridized carbons (Fsp3) is 0. The quantitative estimate of drug-likeness (QED) is 0.312. The van der Waals surface area contributed by atoms with E-state index in [1.165, 1.54) is 0 Å². The average molecular weight is 468 g/mol. The van der Waals surface area contributed by atoms with E-state index in [0.717, 1.165) is 0 Å². The van der Waals surface area contributed by atoms with Gasteiger partial charge in [-0.1, -0.05) is 0 Å². The molecule has 0 spiro atoms. The van der Waals surface area contributed by atoms with Gasteiger partial charge in [0.15, 0.2) is 0 Å². The van der Waals surface area contributed by atoms with E-state index in [-0.39, 0.29) is 129 Å². The van der Waals surface area contributed by atoms with Crippen molar-refractivity contribution >= 4 is 24.8 Å². The minimum absolute atomic E-state index is 0.